The Hall–Kier alpha value is -0.610. The smallest absolute Gasteiger partial charge is 0.220 e. The molecule has 84 valence electrons. The molecule has 0 saturated heterocycles. The van der Waals surface area contributed by atoms with E-state index in [9.17, 15) is 9.90 Å². The summed E-state index contributed by atoms with van der Waals surface area (Å²) in [6.45, 7) is 7.75. The molecule has 1 atom stereocenters. The van der Waals surface area contributed by atoms with Crippen LogP contribution in [0.3, 0.4) is 0 Å². The molecule has 0 fully saturated rings. The van der Waals surface area contributed by atoms with Crippen molar-refractivity contribution in [1.82, 2.24) is 10.6 Å². The van der Waals surface area contributed by atoms with Crippen LogP contribution in [-0.4, -0.2) is 29.3 Å². The van der Waals surface area contributed by atoms with E-state index >= 15 is 0 Å². The second kappa shape index (κ2) is 6.79. The molecule has 0 aliphatic heterocycles. The molecule has 0 spiro atoms. The van der Waals surface area contributed by atoms with E-state index in [2.05, 4.69) is 10.6 Å². The Bertz CT molecular complexity index is 170. The number of hydrogen-bond donors (Lipinski definition) is 3. The highest BCUT2D eigenvalue weighted by molar-refractivity contribution is 5.76. The molecular weight excluding hydrogens is 180 g/mol. The third-order valence-electron chi connectivity index (χ3n) is 1.62. The minimum absolute atomic E-state index is 0.00962. The molecule has 0 aromatic heterocycles. The quantitative estimate of drug-likeness (QED) is 0.553. The van der Waals surface area contributed by atoms with Gasteiger partial charge in [0.25, 0.3) is 0 Å². The Morgan fingerprint density at radius 2 is 1.79 bits per heavy atom. The maximum atomic E-state index is 11.2. The van der Waals surface area contributed by atoms with Crippen LogP contribution in [0.4, 0.5) is 0 Å². The summed E-state index contributed by atoms with van der Waals surface area (Å²) < 4.78 is 0. The Labute approximate surface area is 86.1 Å². The fraction of sp³-hybridized carbons (Fsp3) is 0.900. The summed E-state index contributed by atoms with van der Waals surface area (Å²) in [7, 11) is 0. The number of carbonyl (C=O) groups excluding carboxylic acids is 1. The minimum Gasteiger partial charge on any atom is -0.379 e. The standard InChI is InChI=1S/C10H22N2O2/c1-7(2)11-9(13)5-6-10(14)12-8(3)4/h7-9,11,13H,5-6H2,1-4H3,(H,12,14). The lowest BCUT2D eigenvalue weighted by Crippen LogP contribution is -2.36. The van der Waals surface area contributed by atoms with E-state index in [-0.39, 0.29) is 18.0 Å². The van der Waals surface area contributed by atoms with Gasteiger partial charge in [0.1, 0.15) is 6.23 Å². The first kappa shape index (κ1) is 13.4. The van der Waals surface area contributed by atoms with Crippen LogP contribution in [0.1, 0.15) is 40.5 Å². The van der Waals surface area contributed by atoms with Crippen LogP contribution < -0.4 is 10.6 Å². The first-order valence-corrected chi connectivity index (χ1v) is 5.15. The van der Waals surface area contributed by atoms with Gasteiger partial charge in [0.2, 0.25) is 5.91 Å². The monoisotopic (exact) mass is 202 g/mol. The van der Waals surface area contributed by atoms with Crippen LogP contribution in [0.5, 0.6) is 0 Å². The lowest BCUT2D eigenvalue weighted by molar-refractivity contribution is -0.122. The number of aliphatic hydroxyl groups is 1. The zero-order valence-corrected chi connectivity index (χ0v) is 9.50. The van der Waals surface area contributed by atoms with Crippen molar-refractivity contribution in [3.63, 3.8) is 0 Å². The summed E-state index contributed by atoms with van der Waals surface area (Å²) >= 11 is 0. The Morgan fingerprint density at radius 3 is 2.21 bits per heavy atom. The summed E-state index contributed by atoms with van der Waals surface area (Å²) in [6, 6.07) is 0.399. The van der Waals surface area contributed by atoms with E-state index in [1.54, 1.807) is 0 Å². The number of carbonyl (C=O) groups is 1. The van der Waals surface area contributed by atoms with E-state index in [0.29, 0.717) is 12.8 Å². The molecule has 1 unspecified atom stereocenters. The zero-order valence-electron chi connectivity index (χ0n) is 9.50. The molecule has 3 N–H and O–H groups in total. The van der Waals surface area contributed by atoms with Crippen LogP contribution >= 0.6 is 0 Å². The number of hydrogen-bond acceptors (Lipinski definition) is 3. The molecule has 1 amide bonds. The van der Waals surface area contributed by atoms with Gasteiger partial charge in [-0.25, -0.2) is 0 Å². The zero-order chi connectivity index (χ0) is 11.1. The molecule has 0 aromatic carbocycles. The van der Waals surface area contributed by atoms with Crippen molar-refractivity contribution in [2.75, 3.05) is 0 Å². The number of aliphatic hydroxyl groups excluding tert-OH is 1. The van der Waals surface area contributed by atoms with Gasteiger partial charge < -0.3 is 10.4 Å². The highest BCUT2D eigenvalue weighted by Crippen LogP contribution is 1.96. The van der Waals surface area contributed by atoms with Crippen molar-refractivity contribution in [2.45, 2.75) is 58.8 Å². The van der Waals surface area contributed by atoms with Crippen molar-refractivity contribution in [3.05, 3.63) is 0 Å². The largest absolute Gasteiger partial charge is 0.379 e. The van der Waals surface area contributed by atoms with Gasteiger partial charge in [-0.05, 0) is 34.1 Å². The highest BCUT2D eigenvalue weighted by atomic mass is 16.3. The summed E-state index contributed by atoms with van der Waals surface area (Å²) in [5, 5.41) is 15.1. The predicted octanol–water partition coefficient (Wildman–Crippen LogP) is 0.608. The average molecular weight is 202 g/mol. The molecule has 0 radical (unpaired) electrons. The first-order valence-electron chi connectivity index (χ1n) is 5.15. The SMILES string of the molecule is CC(C)NC(=O)CCC(O)NC(C)C. The van der Waals surface area contributed by atoms with E-state index < -0.39 is 6.23 Å². The molecule has 0 rings (SSSR count). The molecule has 0 aliphatic carbocycles. The van der Waals surface area contributed by atoms with Gasteiger partial charge in [-0.1, -0.05) is 0 Å². The van der Waals surface area contributed by atoms with Gasteiger partial charge >= 0.3 is 0 Å². The van der Waals surface area contributed by atoms with Gasteiger partial charge in [0.05, 0.1) is 0 Å². The van der Waals surface area contributed by atoms with E-state index in [1.165, 1.54) is 0 Å². The Morgan fingerprint density at radius 1 is 1.21 bits per heavy atom. The number of amides is 1. The molecule has 0 aliphatic rings. The lowest BCUT2D eigenvalue weighted by atomic mass is 10.2. The molecule has 0 heterocycles. The Balaban J connectivity index is 3.56. The fourth-order valence-electron chi connectivity index (χ4n) is 1.13. The van der Waals surface area contributed by atoms with Gasteiger partial charge in [0, 0.05) is 18.5 Å². The van der Waals surface area contributed by atoms with Crippen molar-refractivity contribution in [2.24, 2.45) is 0 Å². The van der Waals surface area contributed by atoms with E-state index in [1.807, 2.05) is 27.7 Å². The summed E-state index contributed by atoms with van der Waals surface area (Å²) in [6.07, 6.45) is 0.225. The van der Waals surface area contributed by atoms with Gasteiger partial charge in [-0.3, -0.25) is 10.1 Å². The normalized spacial score (nSPS) is 13.4. The summed E-state index contributed by atoms with van der Waals surface area (Å²) in [5.74, 6) is -0.00962. The molecule has 4 nitrogen and oxygen atoms in total. The van der Waals surface area contributed by atoms with E-state index in [0.717, 1.165) is 0 Å². The maximum absolute atomic E-state index is 11.2. The van der Waals surface area contributed by atoms with E-state index in [4.69, 9.17) is 0 Å². The molecular formula is C10H22N2O2. The van der Waals surface area contributed by atoms with Gasteiger partial charge in [-0.2, -0.15) is 0 Å². The topological polar surface area (TPSA) is 61.4 Å². The van der Waals surface area contributed by atoms with Crippen LogP contribution in [0.15, 0.2) is 0 Å². The van der Waals surface area contributed by atoms with Crippen molar-refractivity contribution < 1.29 is 9.90 Å². The molecule has 14 heavy (non-hydrogen) atoms. The third kappa shape index (κ3) is 8.01. The summed E-state index contributed by atoms with van der Waals surface area (Å²) in [5.41, 5.74) is 0. The average Bonchev–Trinajstić information content (AvgIpc) is 1.98. The number of nitrogens with one attached hydrogen (secondary N) is 2. The second-order valence-electron chi connectivity index (χ2n) is 4.10. The Kier molecular flexibility index (Phi) is 6.49. The van der Waals surface area contributed by atoms with Crippen LogP contribution in [-0.2, 0) is 4.79 Å². The highest BCUT2D eigenvalue weighted by Gasteiger charge is 2.09. The maximum Gasteiger partial charge on any atom is 0.220 e. The predicted molar refractivity (Wildman–Crippen MR) is 56.8 cm³/mol. The fourth-order valence-corrected chi connectivity index (χ4v) is 1.13. The molecule has 0 saturated carbocycles. The lowest BCUT2D eigenvalue weighted by Gasteiger charge is -2.15. The minimum atomic E-state index is -0.590. The first-order chi connectivity index (χ1) is 6.41. The third-order valence-corrected chi connectivity index (χ3v) is 1.62. The van der Waals surface area contributed by atoms with Gasteiger partial charge in [-0.15, -0.1) is 0 Å². The van der Waals surface area contributed by atoms with Crippen molar-refractivity contribution in [3.8, 4) is 0 Å². The molecule has 0 bridgehead atoms. The molecule has 0 aromatic rings. The van der Waals surface area contributed by atoms with Crippen molar-refractivity contribution in [1.29, 1.82) is 0 Å². The van der Waals surface area contributed by atoms with Gasteiger partial charge in [0.15, 0.2) is 0 Å². The molecule has 4 heteroatoms. The van der Waals surface area contributed by atoms with Crippen molar-refractivity contribution >= 4 is 5.91 Å². The summed E-state index contributed by atoms with van der Waals surface area (Å²) in [4.78, 5) is 11.2. The van der Waals surface area contributed by atoms with Crippen LogP contribution in [0, 0.1) is 0 Å². The second-order valence-corrected chi connectivity index (χ2v) is 4.10. The van der Waals surface area contributed by atoms with Crippen LogP contribution in [0.2, 0.25) is 0 Å². The number of rotatable bonds is 6. The van der Waals surface area contributed by atoms with Crippen LogP contribution in [0.25, 0.3) is 0 Å².